The van der Waals surface area contributed by atoms with Gasteiger partial charge in [-0.2, -0.15) is 0 Å². The highest BCUT2D eigenvalue weighted by atomic mass is 16.5. The van der Waals surface area contributed by atoms with Crippen molar-refractivity contribution in [2.24, 2.45) is 5.92 Å². The molecular weight excluding hydrogens is 326 g/mol. The summed E-state index contributed by atoms with van der Waals surface area (Å²) in [7, 11) is 1.71. The molecular formula is C22H25NO3. The largest absolute Gasteiger partial charge is 0.440 e. The third-order valence-electron chi connectivity index (χ3n) is 4.72. The van der Waals surface area contributed by atoms with Crippen LogP contribution in [0.5, 0.6) is 0 Å². The molecule has 1 fully saturated rings. The van der Waals surface area contributed by atoms with Crippen molar-refractivity contribution >= 4 is 17.4 Å². The van der Waals surface area contributed by atoms with E-state index in [1.165, 1.54) is 11.1 Å². The van der Waals surface area contributed by atoms with Gasteiger partial charge in [-0.1, -0.05) is 42.0 Å². The van der Waals surface area contributed by atoms with Crippen molar-refractivity contribution in [1.29, 1.82) is 0 Å². The van der Waals surface area contributed by atoms with Crippen LogP contribution in [0.4, 0.5) is 0 Å². The monoisotopic (exact) mass is 351 g/mol. The van der Waals surface area contributed by atoms with Crippen molar-refractivity contribution in [2.75, 3.05) is 7.11 Å². The zero-order valence-electron chi connectivity index (χ0n) is 15.4. The first-order valence-corrected chi connectivity index (χ1v) is 9.05. The Balaban J connectivity index is 0.000000170. The van der Waals surface area contributed by atoms with Gasteiger partial charge in [0.1, 0.15) is 11.8 Å². The van der Waals surface area contributed by atoms with Crippen molar-refractivity contribution in [3.05, 3.63) is 65.5 Å². The summed E-state index contributed by atoms with van der Waals surface area (Å²) in [5.74, 6) is 1.31. The molecule has 1 aromatic heterocycles. The van der Waals surface area contributed by atoms with Crippen LogP contribution in [-0.2, 0) is 16.1 Å². The lowest BCUT2D eigenvalue weighted by Gasteiger charge is -2.02. The molecule has 2 aromatic carbocycles. The Morgan fingerprint density at radius 2 is 2.04 bits per heavy atom. The molecule has 2 atom stereocenters. The number of fused-ring (bicyclic) bond motifs is 1. The lowest BCUT2D eigenvalue weighted by Crippen LogP contribution is -1.96. The van der Waals surface area contributed by atoms with Gasteiger partial charge in [0.05, 0.1) is 6.61 Å². The first kappa shape index (κ1) is 18.3. The van der Waals surface area contributed by atoms with E-state index in [9.17, 15) is 4.79 Å². The number of hydrogen-bond donors (Lipinski definition) is 0. The number of oxazole rings is 1. The van der Waals surface area contributed by atoms with Crippen LogP contribution in [-0.4, -0.2) is 18.4 Å². The van der Waals surface area contributed by atoms with Crippen LogP contribution >= 0.6 is 0 Å². The van der Waals surface area contributed by atoms with Crippen molar-refractivity contribution in [1.82, 2.24) is 4.98 Å². The fraction of sp³-hybridized carbons (Fsp3) is 0.364. The average Bonchev–Trinajstić information content (AvgIpc) is 3.29. The van der Waals surface area contributed by atoms with Gasteiger partial charge in [0.2, 0.25) is 0 Å². The fourth-order valence-corrected chi connectivity index (χ4v) is 3.40. The summed E-state index contributed by atoms with van der Waals surface area (Å²) in [4.78, 5) is 15.2. The van der Waals surface area contributed by atoms with Gasteiger partial charge in [-0.05, 0) is 43.9 Å². The molecule has 4 nitrogen and oxygen atoms in total. The van der Waals surface area contributed by atoms with Crippen LogP contribution in [0, 0.1) is 12.8 Å². The highest BCUT2D eigenvalue weighted by molar-refractivity contribution is 5.72. The zero-order valence-corrected chi connectivity index (χ0v) is 15.4. The number of aromatic nitrogens is 1. The maximum absolute atomic E-state index is 10.7. The SMILES string of the molecule is COCc1cccc(C)c1.O=CC1CCC(c2nc3ccccc3o2)C1. The number of hydrogen-bond acceptors (Lipinski definition) is 4. The first-order valence-electron chi connectivity index (χ1n) is 9.05. The summed E-state index contributed by atoms with van der Waals surface area (Å²) in [6.45, 7) is 2.79. The third-order valence-corrected chi connectivity index (χ3v) is 4.72. The lowest BCUT2D eigenvalue weighted by atomic mass is 10.1. The molecule has 1 aliphatic carbocycles. The third kappa shape index (κ3) is 4.58. The number of methoxy groups -OCH3 is 1. The fourth-order valence-electron chi connectivity index (χ4n) is 3.40. The summed E-state index contributed by atoms with van der Waals surface area (Å²) in [5, 5.41) is 0. The second-order valence-corrected chi connectivity index (χ2v) is 6.85. The van der Waals surface area contributed by atoms with Crippen LogP contribution in [0.2, 0.25) is 0 Å². The van der Waals surface area contributed by atoms with E-state index in [0.717, 1.165) is 42.5 Å². The number of carbonyl (C=O) groups excluding carboxylic acids is 1. The number of aldehydes is 1. The summed E-state index contributed by atoms with van der Waals surface area (Å²) >= 11 is 0. The molecule has 0 N–H and O–H groups in total. The molecule has 3 aromatic rings. The molecule has 0 amide bonds. The molecule has 0 radical (unpaired) electrons. The van der Waals surface area contributed by atoms with Crippen LogP contribution in [0.1, 0.15) is 42.2 Å². The summed E-state index contributed by atoms with van der Waals surface area (Å²) < 4.78 is 10.7. The highest BCUT2D eigenvalue weighted by Crippen LogP contribution is 2.37. The van der Waals surface area contributed by atoms with Crippen LogP contribution in [0.25, 0.3) is 11.1 Å². The second kappa shape index (κ2) is 8.77. The Hall–Kier alpha value is -2.46. The Bertz CT molecular complexity index is 822. The van der Waals surface area contributed by atoms with Gasteiger partial charge in [0.25, 0.3) is 0 Å². The predicted octanol–water partition coefficient (Wildman–Crippen LogP) is 5.05. The average molecular weight is 351 g/mol. The van der Waals surface area contributed by atoms with Gasteiger partial charge in [-0.3, -0.25) is 0 Å². The molecule has 1 saturated carbocycles. The summed E-state index contributed by atoms with van der Waals surface area (Å²) in [6.07, 6.45) is 3.92. The zero-order chi connectivity index (χ0) is 18.4. The maximum atomic E-state index is 10.7. The molecule has 2 unspecified atom stereocenters. The van der Waals surface area contributed by atoms with Gasteiger partial charge >= 0.3 is 0 Å². The number of benzene rings is 2. The first-order chi connectivity index (χ1) is 12.7. The Kier molecular flexibility index (Phi) is 6.18. The highest BCUT2D eigenvalue weighted by Gasteiger charge is 2.28. The van der Waals surface area contributed by atoms with Gasteiger partial charge in [-0.15, -0.1) is 0 Å². The van der Waals surface area contributed by atoms with E-state index in [2.05, 4.69) is 30.1 Å². The van der Waals surface area contributed by atoms with E-state index < -0.39 is 0 Å². The van der Waals surface area contributed by atoms with E-state index in [0.29, 0.717) is 12.5 Å². The van der Waals surface area contributed by atoms with Crippen LogP contribution in [0.15, 0.2) is 52.9 Å². The van der Waals surface area contributed by atoms with Crippen molar-refractivity contribution in [3.63, 3.8) is 0 Å². The van der Waals surface area contributed by atoms with Crippen LogP contribution in [0.3, 0.4) is 0 Å². The smallest absolute Gasteiger partial charge is 0.198 e. The Morgan fingerprint density at radius 1 is 1.19 bits per heavy atom. The topological polar surface area (TPSA) is 52.3 Å². The van der Waals surface area contributed by atoms with Gasteiger partial charge in [0.15, 0.2) is 11.5 Å². The number of nitrogens with zero attached hydrogens (tertiary/aromatic N) is 1. The molecule has 4 heteroatoms. The second-order valence-electron chi connectivity index (χ2n) is 6.85. The predicted molar refractivity (Wildman–Crippen MR) is 102 cm³/mol. The van der Waals surface area contributed by atoms with Crippen molar-refractivity contribution in [2.45, 2.75) is 38.7 Å². The molecule has 0 spiro atoms. The Labute approximate surface area is 154 Å². The van der Waals surface area contributed by atoms with Crippen molar-refractivity contribution < 1.29 is 13.9 Å². The quantitative estimate of drug-likeness (QED) is 0.617. The van der Waals surface area contributed by atoms with E-state index in [1.807, 2.05) is 30.3 Å². The molecule has 0 aliphatic heterocycles. The standard InChI is InChI=1S/C13H13NO2.C9H12O/c15-8-9-5-6-10(7-9)13-14-11-3-1-2-4-12(11)16-13;1-8-4-3-5-9(6-8)7-10-2/h1-4,8-10H,5-7H2;3-6H,7H2,1-2H3. The minimum atomic E-state index is 0.194. The van der Waals surface area contributed by atoms with E-state index in [1.54, 1.807) is 7.11 Å². The molecule has 1 heterocycles. The van der Waals surface area contributed by atoms with Crippen LogP contribution < -0.4 is 0 Å². The van der Waals surface area contributed by atoms with Crippen molar-refractivity contribution in [3.8, 4) is 0 Å². The van der Waals surface area contributed by atoms with E-state index >= 15 is 0 Å². The maximum Gasteiger partial charge on any atom is 0.198 e. The molecule has 26 heavy (non-hydrogen) atoms. The number of ether oxygens (including phenoxy) is 1. The Morgan fingerprint density at radius 3 is 2.73 bits per heavy atom. The van der Waals surface area contributed by atoms with Gasteiger partial charge in [-0.25, -0.2) is 4.98 Å². The van der Waals surface area contributed by atoms with E-state index in [4.69, 9.17) is 9.15 Å². The number of para-hydroxylation sites is 2. The lowest BCUT2D eigenvalue weighted by molar-refractivity contribution is -0.110. The number of carbonyl (C=O) groups is 1. The van der Waals surface area contributed by atoms with Gasteiger partial charge in [0, 0.05) is 18.9 Å². The molecule has 1 aliphatic rings. The molecule has 136 valence electrons. The van der Waals surface area contributed by atoms with E-state index in [-0.39, 0.29) is 5.92 Å². The molecule has 4 rings (SSSR count). The summed E-state index contributed by atoms with van der Waals surface area (Å²) in [5.41, 5.74) is 4.27. The summed E-state index contributed by atoms with van der Waals surface area (Å²) in [6, 6.07) is 16.1. The minimum Gasteiger partial charge on any atom is -0.440 e. The molecule has 0 bridgehead atoms. The number of aryl methyl sites for hydroxylation is 1. The molecule has 0 saturated heterocycles. The number of rotatable bonds is 4. The normalized spacial score (nSPS) is 19.2. The minimum absolute atomic E-state index is 0.194. The van der Waals surface area contributed by atoms with Gasteiger partial charge < -0.3 is 13.9 Å².